The van der Waals surface area contributed by atoms with Crippen molar-refractivity contribution in [2.24, 2.45) is 5.73 Å². The van der Waals surface area contributed by atoms with Crippen LogP contribution in [0.4, 0.5) is 0 Å². The van der Waals surface area contributed by atoms with E-state index in [2.05, 4.69) is 24.0 Å². The lowest BCUT2D eigenvalue weighted by Crippen LogP contribution is -2.11. The maximum atomic E-state index is 6.02. The summed E-state index contributed by atoms with van der Waals surface area (Å²) in [7, 11) is 0. The Hall–Kier alpha value is -1.10. The van der Waals surface area contributed by atoms with Gasteiger partial charge in [0.25, 0.3) is 0 Å². The van der Waals surface area contributed by atoms with E-state index in [1.165, 1.54) is 0 Å². The highest BCUT2D eigenvalue weighted by Gasteiger charge is 2.15. The molecule has 0 saturated carbocycles. The van der Waals surface area contributed by atoms with Crippen molar-refractivity contribution in [1.82, 2.24) is 14.8 Å². The second-order valence-electron chi connectivity index (χ2n) is 4.24. The highest BCUT2D eigenvalue weighted by Crippen LogP contribution is 2.29. The largest absolute Gasteiger partial charge is 0.324 e. The van der Waals surface area contributed by atoms with Crippen LogP contribution in [0, 0.1) is 0 Å². The Balaban J connectivity index is 2.56. The van der Waals surface area contributed by atoms with E-state index in [1.807, 2.05) is 10.6 Å². The van der Waals surface area contributed by atoms with Crippen LogP contribution >= 0.6 is 23.2 Å². The standard InChI is InChI=1S/C12H14Cl2N4/c1-7(2)18-11(6-15)16-17-12(18)8-3-4-9(13)10(14)5-8/h3-5,7H,6,15H2,1-2H3. The molecule has 0 amide bonds. The summed E-state index contributed by atoms with van der Waals surface area (Å²) in [5.74, 6) is 1.51. The van der Waals surface area contributed by atoms with Gasteiger partial charge in [0.2, 0.25) is 0 Å². The highest BCUT2D eigenvalue weighted by atomic mass is 35.5. The zero-order valence-corrected chi connectivity index (χ0v) is 11.7. The van der Waals surface area contributed by atoms with Crippen molar-refractivity contribution in [2.75, 3.05) is 0 Å². The molecule has 4 nitrogen and oxygen atoms in total. The van der Waals surface area contributed by atoms with Gasteiger partial charge in [-0.15, -0.1) is 10.2 Å². The first kappa shape index (κ1) is 13.3. The molecule has 1 aromatic heterocycles. The Kier molecular flexibility index (Phi) is 3.90. The first-order valence-electron chi connectivity index (χ1n) is 5.64. The van der Waals surface area contributed by atoms with Crippen molar-refractivity contribution in [1.29, 1.82) is 0 Å². The van der Waals surface area contributed by atoms with E-state index < -0.39 is 0 Å². The van der Waals surface area contributed by atoms with Gasteiger partial charge in [0.15, 0.2) is 5.82 Å². The maximum absolute atomic E-state index is 6.02. The summed E-state index contributed by atoms with van der Waals surface area (Å²) in [5.41, 5.74) is 6.54. The van der Waals surface area contributed by atoms with E-state index in [9.17, 15) is 0 Å². The fourth-order valence-corrected chi connectivity index (χ4v) is 2.14. The molecule has 0 unspecified atom stereocenters. The van der Waals surface area contributed by atoms with Gasteiger partial charge in [-0.05, 0) is 32.0 Å². The molecule has 18 heavy (non-hydrogen) atoms. The van der Waals surface area contributed by atoms with E-state index in [1.54, 1.807) is 12.1 Å². The second kappa shape index (κ2) is 5.26. The molecule has 0 aliphatic carbocycles. The number of halogens is 2. The zero-order valence-electron chi connectivity index (χ0n) is 10.2. The number of aromatic nitrogens is 3. The van der Waals surface area contributed by atoms with Gasteiger partial charge < -0.3 is 10.3 Å². The van der Waals surface area contributed by atoms with Crippen LogP contribution in [0.5, 0.6) is 0 Å². The van der Waals surface area contributed by atoms with Crippen molar-refractivity contribution < 1.29 is 0 Å². The predicted molar refractivity (Wildman–Crippen MR) is 73.8 cm³/mol. The molecule has 2 rings (SSSR count). The van der Waals surface area contributed by atoms with Crippen LogP contribution in [0.2, 0.25) is 10.0 Å². The monoisotopic (exact) mass is 284 g/mol. The number of rotatable bonds is 3. The molecule has 0 radical (unpaired) electrons. The normalized spacial score (nSPS) is 11.2. The molecule has 0 bridgehead atoms. The summed E-state index contributed by atoms with van der Waals surface area (Å²) in [5, 5.41) is 9.30. The molecular formula is C12H14Cl2N4. The van der Waals surface area contributed by atoms with Gasteiger partial charge >= 0.3 is 0 Å². The molecule has 2 aromatic rings. The number of hydrogen-bond acceptors (Lipinski definition) is 3. The quantitative estimate of drug-likeness (QED) is 0.941. The van der Waals surface area contributed by atoms with Crippen molar-refractivity contribution in [2.45, 2.75) is 26.4 Å². The third-order valence-corrected chi connectivity index (χ3v) is 3.38. The minimum atomic E-state index is 0.225. The molecule has 0 fully saturated rings. The Bertz CT molecular complexity index is 563. The molecule has 0 saturated heterocycles. The van der Waals surface area contributed by atoms with Crippen LogP contribution in [0.1, 0.15) is 25.7 Å². The van der Waals surface area contributed by atoms with Gasteiger partial charge in [-0.25, -0.2) is 0 Å². The molecule has 0 aliphatic heterocycles. The first-order valence-corrected chi connectivity index (χ1v) is 6.39. The Morgan fingerprint density at radius 3 is 2.50 bits per heavy atom. The summed E-state index contributed by atoms with van der Waals surface area (Å²) >= 11 is 11.9. The SMILES string of the molecule is CC(C)n1c(CN)nnc1-c1ccc(Cl)c(Cl)c1. The number of nitrogens with two attached hydrogens (primary N) is 1. The van der Waals surface area contributed by atoms with Crippen molar-refractivity contribution >= 4 is 23.2 Å². The topological polar surface area (TPSA) is 56.7 Å². The molecule has 1 aromatic carbocycles. The number of benzene rings is 1. The van der Waals surface area contributed by atoms with Gasteiger partial charge in [0.1, 0.15) is 5.82 Å². The molecule has 0 aliphatic rings. The summed E-state index contributed by atoms with van der Waals surface area (Å²) in [6, 6.07) is 5.63. The molecular weight excluding hydrogens is 271 g/mol. The van der Waals surface area contributed by atoms with Gasteiger partial charge in [-0.1, -0.05) is 23.2 Å². The third kappa shape index (κ3) is 2.36. The number of hydrogen-bond donors (Lipinski definition) is 1. The van der Waals surface area contributed by atoms with Crippen LogP contribution in [0.15, 0.2) is 18.2 Å². The van der Waals surface area contributed by atoms with E-state index in [-0.39, 0.29) is 6.04 Å². The molecule has 6 heteroatoms. The third-order valence-electron chi connectivity index (χ3n) is 2.64. The van der Waals surface area contributed by atoms with E-state index >= 15 is 0 Å². The van der Waals surface area contributed by atoms with Gasteiger partial charge in [-0.3, -0.25) is 0 Å². The Morgan fingerprint density at radius 2 is 1.94 bits per heavy atom. The van der Waals surface area contributed by atoms with Crippen molar-refractivity contribution in [3.05, 3.63) is 34.1 Å². The average Bonchev–Trinajstić information content (AvgIpc) is 2.76. The predicted octanol–water partition coefficient (Wildman–Crippen LogP) is 3.29. The maximum Gasteiger partial charge on any atom is 0.164 e. The highest BCUT2D eigenvalue weighted by molar-refractivity contribution is 6.42. The van der Waals surface area contributed by atoms with Crippen LogP contribution in [-0.2, 0) is 6.54 Å². The molecule has 2 N–H and O–H groups in total. The molecule has 96 valence electrons. The number of nitrogens with zero attached hydrogens (tertiary/aromatic N) is 3. The van der Waals surface area contributed by atoms with Gasteiger partial charge in [0.05, 0.1) is 16.6 Å². The first-order chi connectivity index (χ1) is 8.54. The van der Waals surface area contributed by atoms with E-state index in [4.69, 9.17) is 28.9 Å². The lowest BCUT2D eigenvalue weighted by molar-refractivity contribution is 0.574. The van der Waals surface area contributed by atoms with Crippen molar-refractivity contribution in [3.63, 3.8) is 0 Å². The van der Waals surface area contributed by atoms with Gasteiger partial charge in [-0.2, -0.15) is 0 Å². The summed E-state index contributed by atoms with van der Waals surface area (Å²) in [6.45, 7) is 4.47. The Morgan fingerprint density at radius 1 is 1.22 bits per heavy atom. The molecule has 0 atom stereocenters. The lowest BCUT2D eigenvalue weighted by Gasteiger charge is -2.13. The van der Waals surface area contributed by atoms with Gasteiger partial charge in [0, 0.05) is 11.6 Å². The minimum absolute atomic E-state index is 0.225. The Labute approximate surface area is 116 Å². The average molecular weight is 285 g/mol. The van der Waals surface area contributed by atoms with Crippen LogP contribution in [-0.4, -0.2) is 14.8 Å². The minimum Gasteiger partial charge on any atom is -0.324 e. The zero-order chi connectivity index (χ0) is 13.3. The molecule has 1 heterocycles. The fraction of sp³-hybridized carbons (Fsp3) is 0.333. The van der Waals surface area contributed by atoms with Crippen molar-refractivity contribution in [3.8, 4) is 11.4 Å². The van der Waals surface area contributed by atoms with Crippen LogP contribution in [0.25, 0.3) is 11.4 Å². The summed E-state index contributed by atoms with van der Waals surface area (Å²) in [4.78, 5) is 0. The summed E-state index contributed by atoms with van der Waals surface area (Å²) in [6.07, 6.45) is 0. The lowest BCUT2D eigenvalue weighted by atomic mass is 10.2. The van der Waals surface area contributed by atoms with Crippen LogP contribution < -0.4 is 5.73 Å². The van der Waals surface area contributed by atoms with E-state index in [0.717, 1.165) is 17.2 Å². The smallest absolute Gasteiger partial charge is 0.164 e. The fourth-order valence-electron chi connectivity index (χ4n) is 1.84. The molecule has 0 spiro atoms. The van der Waals surface area contributed by atoms with Crippen LogP contribution in [0.3, 0.4) is 0 Å². The second-order valence-corrected chi connectivity index (χ2v) is 5.05. The van der Waals surface area contributed by atoms with E-state index in [0.29, 0.717) is 16.6 Å². The summed E-state index contributed by atoms with van der Waals surface area (Å²) < 4.78 is 2.00.